The molecule has 0 radical (unpaired) electrons. The molecule has 1 N–H and O–H groups in total. The molecule has 1 aromatic heterocycles. The number of hydrogen-bond donors (Lipinski definition) is 1. The lowest BCUT2D eigenvalue weighted by molar-refractivity contribution is 0.406. The number of aromatic hydroxyl groups is 1. The van der Waals surface area contributed by atoms with Gasteiger partial charge in [-0.05, 0) is 12.1 Å². The lowest BCUT2D eigenvalue weighted by Crippen LogP contribution is -2.00. The van der Waals surface area contributed by atoms with E-state index in [2.05, 4.69) is 21.0 Å². The van der Waals surface area contributed by atoms with Crippen molar-refractivity contribution in [1.29, 1.82) is 0 Å². The number of alkyl halides is 1. The fraction of sp³-hybridized carbons (Fsp3) is 0.182. The zero-order valence-corrected chi connectivity index (χ0v) is 9.98. The van der Waals surface area contributed by atoms with Gasteiger partial charge in [-0.25, -0.2) is 9.07 Å². The van der Waals surface area contributed by atoms with Crippen molar-refractivity contribution in [2.24, 2.45) is 0 Å². The fourth-order valence-electron chi connectivity index (χ4n) is 1.45. The summed E-state index contributed by atoms with van der Waals surface area (Å²) in [5.41, 5.74) is 0.836. The molecule has 1 aromatic carbocycles. The van der Waals surface area contributed by atoms with Crippen molar-refractivity contribution in [2.75, 3.05) is 5.33 Å². The lowest BCUT2D eigenvalue weighted by atomic mass is 10.1. The van der Waals surface area contributed by atoms with Gasteiger partial charge in [0.25, 0.3) is 0 Å². The third-order valence-corrected chi connectivity index (χ3v) is 2.56. The van der Waals surface area contributed by atoms with E-state index in [1.54, 1.807) is 18.2 Å². The van der Waals surface area contributed by atoms with Gasteiger partial charge < -0.3 is 5.11 Å². The predicted molar refractivity (Wildman–Crippen MR) is 63.1 cm³/mol. The molecule has 0 saturated carbocycles. The highest BCUT2D eigenvalue weighted by Crippen LogP contribution is 2.24. The second-order valence-electron chi connectivity index (χ2n) is 3.28. The van der Waals surface area contributed by atoms with Crippen LogP contribution in [0.5, 0.6) is 5.88 Å². The number of benzene rings is 1. The first kappa shape index (κ1) is 11.1. The second-order valence-corrected chi connectivity index (χ2v) is 4.07. The number of aryl methyl sites for hydroxylation is 1. The SMILES string of the molecule is Oc1cc(-c2ccccc2F)nn1CCBr. The van der Waals surface area contributed by atoms with Gasteiger partial charge in [0, 0.05) is 17.0 Å². The first-order chi connectivity index (χ1) is 7.72. The molecule has 0 aliphatic rings. The Bertz CT molecular complexity index is 498. The smallest absolute Gasteiger partial charge is 0.209 e. The standard InChI is InChI=1S/C11H10BrFN2O/c12-5-6-15-11(16)7-10(14-15)8-3-1-2-4-9(8)13/h1-4,7,16H,5-6H2. The third kappa shape index (κ3) is 2.09. The highest BCUT2D eigenvalue weighted by molar-refractivity contribution is 9.09. The monoisotopic (exact) mass is 284 g/mol. The summed E-state index contributed by atoms with van der Waals surface area (Å²) in [6.07, 6.45) is 0. The van der Waals surface area contributed by atoms with Gasteiger partial charge in [-0.15, -0.1) is 0 Å². The van der Waals surface area contributed by atoms with E-state index >= 15 is 0 Å². The minimum Gasteiger partial charge on any atom is -0.493 e. The lowest BCUT2D eigenvalue weighted by Gasteiger charge is -1.99. The largest absolute Gasteiger partial charge is 0.493 e. The molecule has 84 valence electrons. The van der Waals surface area contributed by atoms with Crippen molar-refractivity contribution < 1.29 is 9.50 Å². The van der Waals surface area contributed by atoms with Crippen LogP contribution < -0.4 is 0 Å². The summed E-state index contributed by atoms with van der Waals surface area (Å²) in [5, 5.41) is 14.4. The van der Waals surface area contributed by atoms with E-state index in [9.17, 15) is 9.50 Å². The number of aromatic nitrogens is 2. The highest BCUT2D eigenvalue weighted by atomic mass is 79.9. The number of halogens is 2. The fourth-order valence-corrected chi connectivity index (χ4v) is 1.79. The van der Waals surface area contributed by atoms with E-state index in [4.69, 9.17) is 0 Å². The van der Waals surface area contributed by atoms with Crippen molar-refractivity contribution in [3.8, 4) is 17.1 Å². The third-order valence-electron chi connectivity index (χ3n) is 2.20. The second kappa shape index (κ2) is 4.65. The Morgan fingerprint density at radius 2 is 2.12 bits per heavy atom. The van der Waals surface area contributed by atoms with Crippen molar-refractivity contribution in [3.05, 3.63) is 36.1 Å². The average Bonchev–Trinajstić information content (AvgIpc) is 2.61. The Kier molecular flexibility index (Phi) is 3.24. The van der Waals surface area contributed by atoms with Crippen LogP contribution in [-0.4, -0.2) is 20.2 Å². The van der Waals surface area contributed by atoms with Crippen LogP contribution in [-0.2, 0) is 6.54 Å². The first-order valence-corrected chi connectivity index (χ1v) is 5.92. The van der Waals surface area contributed by atoms with Gasteiger partial charge in [-0.1, -0.05) is 28.1 Å². The quantitative estimate of drug-likeness (QED) is 0.881. The molecule has 1 heterocycles. The molecule has 0 aliphatic carbocycles. The summed E-state index contributed by atoms with van der Waals surface area (Å²) >= 11 is 3.25. The van der Waals surface area contributed by atoms with Gasteiger partial charge in [0.2, 0.25) is 5.88 Å². The minimum atomic E-state index is -0.342. The molecule has 3 nitrogen and oxygen atoms in total. The maximum Gasteiger partial charge on any atom is 0.209 e. The van der Waals surface area contributed by atoms with Crippen LogP contribution in [0.4, 0.5) is 4.39 Å². The molecule has 0 unspecified atom stereocenters. The maximum atomic E-state index is 13.5. The molecule has 0 amide bonds. The molecule has 0 saturated heterocycles. The molecule has 0 bridgehead atoms. The van der Waals surface area contributed by atoms with Gasteiger partial charge in [0.1, 0.15) is 5.82 Å². The number of hydrogen-bond acceptors (Lipinski definition) is 2. The minimum absolute atomic E-state index is 0.0395. The van der Waals surface area contributed by atoms with Gasteiger partial charge in [0.05, 0.1) is 12.2 Å². The van der Waals surface area contributed by atoms with Crippen LogP contribution in [0.1, 0.15) is 0 Å². The van der Waals surface area contributed by atoms with Crippen molar-refractivity contribution in [1.82, 2.24) is 9.78 Å². The molecular weight excluding hydrogens is 275 g/mol. The molecule has 2 aromatic rings. The van der Waals surface area contributed by atoms with Gasteiger partial charge >= 0.3 is 0 Å². The topological polar surface area (TPSA) is 38.1 Å². The van der Waals surface area contributed by atoms with Crippen LogP contribution >= 0.6 is 15.9 Å². The summed E-state index contributed by atoms with van der Waals surface area (Å²) in [7, 11) is 0. The Morgan fingerprint density at radius 3 is 2.81 bits per heavy atom. The van der Waals surface area contributed by atoms with E-state index in [1.165, 1.54) is 16.8 Å². The summed E-state index contributed by atoms with van der Waals surface area (Å²) in [6, 6.07) is 7.82. The van der Waals surface area contributed by atoms with E-state index in [-0.39, 0.29) is 11.7 Å². The maximum absolute atomic E-state index is 13.5. The summed E-state index contributed by atoms with van der Waals surface area (Å²) in [5.74, 6) is -0.302. The van der Waals surface area contributed by atoms with E-state index < -0.39 is 0 Å². The molecule has 0 aliphatic heterocycles. The molecular formula is C11H10BrFN2O. The molecule has 0 atom stereocenters. The summed E-state index contributed by atoms with van der Waals surface area (Å²) in [6.45, 7) is 0.542. The summed E-state index contributed by atoms with van der Waals surface area (Å²) < 4.78 is 14.9. The molecule has 0 spiro atoms. The normalized spacial score (nSPS) is 10.6. The molecule has 5 heteroatoms. The highest BCUT2D eigenvalue weighted by Gasteiger charge is 2.11. The molecule has 16 heavy (non-hydrogen) atoms. The number of rotatable bonds is 3. The van der Waals surface area contributed by atoms with Crippen molar-refractivity contribution >= 4 is 15.9 Å². The van der Waals surface area contributed by atoms with Crippen molar-refractivity contribution in [2.45, 2.75) is 6.54 Å². The molecule has 2 rings (SSSR count). The Morgan fingerprint density at radius 1 is 1.38 bits per heavy atom. The van der Waals surface area contributed by atoms with Gasteiger partial charge in [-0.3, -0.25) is 0 Å². The molecule has 0 fully saturated rings. The summed E-state index contributed by atoms with van der Waals surface area (Å²) in [4.78, 5) is 0. The average molecular weight is 285 g/mol. The van der Waals surface area contributed by atoms with Gasteiger partial charge in [0.15, 0.2) is 0 Å². The Labute approximate surface area is 101 Å². The first-order valence-electron chi connectivity index (χ1n) is 4.80. The zero-order chi connectivity index (χ0) is 11.5. The number of nitrogens with zero attached hydrogens (tertiary/aromatic N) is 2. The van der Waals surface area contributed by atoms with E-state index in [0.717, 1.165) is 0 Å². The van der Waals surface area contributed by atoms with Gasteiger partial charge in [-0.2, -0.15) is 5.10 Å². The van der Waals surface area contributed by atoms with Crippen LogP contribution in [0.3, 0.4) is 0 Å². The van der Waals surface area contributed by atoms with E-state index in [1.807, 2.05) is 0 Å². The Balaban J connectivity index is 2.42. The van der Waals surface area contributed by atoms with Crippen molar-refractivity contribution in [3.63, 3.8) is 0 Å². The Hall–Kier alpha value is -1.36. The van der Waals surface area contributed by atoms with Crippen LogP contribution in [0.25, 0.3) is 11.3 Å². The van der Waals surface area contributed by atoms with Crippen LogP contribution in [0.2, 0.25) is 0 Å². The van der Waals surface area contributed by atoms with Crippen LogP contribution in [0.15, 0.2) is 30.3 Å². The van der Waals surface area contributed by atoms with E-state index in [0.29, 0.717) is 23.1 Å². The van der Waals surface area contributed by atoms with Crippen LogP contribution in [0, 0.1) is 5.82 Å². The zero-order valence-electron chi connectivity index (χ0n) is 8.40. The predicted octanol–water partition coefficient (Wildman–Crippen LogP) is 2.79.